The van der Waals surface area contributed by atoms with Crippen molar-refractivity contribution in [3.05, 3.63) is 17.0 Å². The second-order valence-electron chi connectivity index (χ2n) is 4.99. The lowest BCUT2D eigenvalue weighted by molar-refractivity contribution is 0.229. The first-order valence-electron chi connectivity index (χ1n) is 7.02. The van der Waals surface area contributed by atoms with Crippen molar-refractivity contribution in [1.82, 2.24) is 14.5 Å². The van der Waals surface area contributed by atoms with E-state index >= 15 is 0 Å². The molecule has 20 heavy (non-hydrogen) atoms. The molecule has 1 aliphatic rings. The van der Waals surface area contributed by atoms with Crippen molar-refractivity contribution in [2.75, 3.05) is 46.3 Å². The Kier molecular flexibility index (Phi) is 5.57. The van der Waals surface area contributed by atoms with Gasteiger partial charge in [0.2, 0.25) is 0 Å². The van der Waals surface area contributed by atoms with Crippen LogP contribution in [0.15, 0.2) is 16.3 Å². The van der Waals surface area contributed by atoms with E-state index in [-0.39, 0.29) is 0 Å². The highest BCUT2D eigenvalue weighted by atomic mass is 32.2. The van der Waals surface area contributed by atoms with E-state index < -0.39 is 10.0 Å². The van der Waals surface area contributed by atoms with Crippen LogP contribution in [0.4, 0.5) is 0 Å². The van der Waals surface area contributed by atoms with E-state index in [1.807, 2.05) is 13.0 Å². The minimum Gasteiger partial charge on any atom is -0.314 e. The fourth-order valence-electron chi connectivity index (χ4n) is 2.18. The van der Waals surface area contributed by atoms with Crippen molar-refractivity contribution < 1.29 is 8.42 Å². The molecule has 0 unspecified atom stereocenters. The number of thiophene rings is 1. The Morgan fingerprint density at radius 3 is 2.65 bits per heavy atom. The van der Waals surface area contributed by atoms with Crippen LogP contribution in [0.1, 0.15) is 11.8 Å². The predicted molar refractivity (Wildman–Crippen MR) is 82.8 cm³/mol. The van der Waals surface area contributed by atoms with Gasteiger partial charge in [-0.3, -0.25) is 4.90 Å². The number of rotatable bonds is 6. The molecule has 1 saturated heterocycles. The topological polar surface area (TPSA) is 52.7 Å². The van der Waals surface area contributed by atoms with Crippen molar-refractivity contribution in [2.24, 2.45) is 0 Å². The lowest BCUT2D eigenvalue weighted by Gasteiger charge is -2.28. The number of sulfonamides is 1. The van der Waals surface area contributed by atoms with E-state index in [1.165, 1.54) is 15.6 Å². The molecule has 1 N–H and O–H groups in total. The average molecular weight is 317 g/mol. The van der Waals surface area contributed by atoms with E-state index in [0.717, 1.165) is 44.0 Å². The number of likely N-dealkylation sites (N-methyl/N-ethyl adjacent to an activating group) is 1. The van der Waals surface area contributed by atoms with Crippen LogP contribution in [0.2, 0.25) is 0 Å². The Morgan fingerprint density at radius 1 is 1.35 bits per heavy atom. The lowest BCUT2D eigenvalue weighted by Crippen LogP contribution is -2.46. The molecule has 1 aromatic rings. The molecular formula is C13H23N3O2S2. The molecule has 2 heterocycles. The van der Waals surface area contributed by atoms with Gasteiger partial charge in [-0.15, -0.1) is 11.3 Å². The number of piperazine rings is 1. The monoisotopic (exact) mass is 317 g/mol. The zero-order valence-electron chi connectivity index (χ0n) is 12.1. The number of aryl methyl sites for hydroxylation is 1. The highest BCUT2D eigenvalue weighted by Gasteiger charge is 2.23. The maximum atomic E-state index is 12.4. The summed E-state index contributed by atoms with van der Waals surface area (Å²) in [5.41, 5.74) is 0. The second kappa shape index (κ2) is 7.00. The van der Waals surface area contributed by atoms with Gasteiger partial charge in [-0.05, 0) is 18.6 Å². The maximum absolute atomic E-state index is 12.4. The fourth-order valence-corrected chi connectivity index (χ4v) is 4.85. The highest BCUT2D eigenvalue weighted by Crippen LogP contribution is 2.24. The van der Waals surface area contributed by atoms with Crippen LogP contribution in [0.25, 0.3) is 0 Å². The molecule has 0 radical (unpaired) electrons. The molecule has 5 nitrogen and oxygen atoms in total. The Bertz CT molecular complexity index is 521. The minimum absolute atomic E-state index is 0.456. The molecule has 1 aliphatic heterocycles. The number of hydrogen-bond donors (Lipinski definition) is 1. The van der Waals surface area contributed by atoms with E-state index in [4.69, 9.17) is 0 Å². The fraction of sp³-hybridized carbons (Fsp3) is 0.692. The zero-order valence-corrected chi connectivity index (χ0v) is 13.8. The van der Waals surface area contributed by atoms with E-state index in [2.05, 4.69) is 10.2 Å². The van der Waals surface area contributed by atoms with Crippen LogP contribution < -0.4 is 5.32 Å². The van der Waals surface area contributed by atoms with Gasteiger partial charge in [0.15, 0.2) is 0 Å². The highest BCUT2D eigenvalue weighted by molar-refractivity contribution is 7.91. The Hall–Kier alpha value is -0.470. The van der Waals surface area contributed by atoms with E-state index in [9.17, 15) is 8.42 Å². The summed E-state index contributed by atoms with van der Waals surface area (Å²) in [6.07, 6.45) is 0.880. The van der Waals surface area contributed by atoms with E-state index in [1.54, 1.807) is 13.1 Å². The van der Waals surface area contributed by atoms with Crippen LogP contribution in [0, 0.1) is 0 Å². The van der Waals surface area contributed by atoms with Gasteiger partial charge in [-0.2, -0.15) is 4.31 Å². The van der Waals surface area contributed by atoms with Gasteiger partial charge in [0.05, 0.1) is 0 Å². The SMILES string of the molecule is CCc1ccc(S(=O)(=O)N(C)CCN2CCNCC2)s1. The van der Waals surface area contributed by atoms with Crippen LogP contribution in [0.5, 0.6) is 0 Å². The predicted octanol–water partition coefficient (Wildman–Crippen LogP) is 0.836. The van der Waals surface area contributed by atoms with Crippen LogP contribution in [-0.4, -0.2) is 63.9 Å². The zero-order chi connectivity index (χ0) is 14.6. The third-order valence-corrected chi connectivity index (χ3v) is 7.14. The summed E-state index contributed by atoms with van der Waals surface area (Å²) in [6.45, 7) is 7.34. The summed E-state index contributed by atoms with van der Waals surface area (Å²) >= 11 is 1.38. The number of nitrogens with zero attached hydrogens (tertiary/aromatic N) is 2. The largest absolute Gasteiger partial charge is 0.314 e. The summed E-state index contributed by atoms with van der Waals surface area (Å²) in [4.78, 5) is 3.41. The quantitative estimate of drug-likeness (QED) is 0.845. The minimum atomic E-state index is -3.32. The molecule has 0 saturated carbocycles. The summed E-state index contributed by atoms with van der Waals surface area (Å²) in [5, 5.41) is 3.30. The second-order valence-corrected chi connectivity index (χ2v) is 8.43. The van der Waals surface area contributed by atoms with Gasteiger partial charge < -0.3 is 5.32 Å². The number of hydrogen-bond acceptors (Lipinski definition) is 5. The summed E-state index contributed by atoms with van der Waals surface area (Å²) < 4.78 is 26.8. The van der Waals surface area contributed by atoms with Gasteiger partial charge in [0.1, 0.15) is 4.21 Å². The molecule has 2 rings (SSSR count). The molecule has 0 aliphatic carbocycles. The Morgan fingerprint density at radius 2 is 2.05 bits per heavy atom. The molecule has 7 heteroatoms. The normalized spacial score (nSPS) is 17.8. The van der Waals surface area contributed by atoms with E-state index in [0.29, 0.717) is 10.8 Å². The van der Waals surface area contributed by atoms with Crippen molar-refractivity contribution in [2.45, 2.75) is 17.6 Å². The van der Waals surface area contributed by atoms with Crippen molar-refractivity contribution >= 4 is 21.4 Å². The molecule has 0 aromatic carbocycles. The third kappa shape index (κ3) is 3.79. The van der Waals surface area contributed by atoms with Crippen LogP contribution in [-0.2, 0) is 16.4 Å². The van der Waals surface area contributed by atoms with Gasteiger partial charge in [0, 0.05) is 51.2 Å². The first kappa shape index (κ1) is 15.9. The smallest absolute Gasteiger partial charge is 0.252 e. The Labute approximate surface area is 125 Å². The molecule has 1 fully saturated rings. The van der Waals surface area contributed by atoms with Crippen molar-refractivity contribution in [3.63, 3.8) is 0 Å². The van der Waals surface area contributed by atoms with Crippen LogP contribution in [0.3, 0.4) is 0 Å². The molecule has 0 amide bonds. The van der Waals surface area contributed by atoms with Gasteiger partial charge in [-0.1, -0.05) is 6.92 Å². The summed E-state index contributed by atoms with van der Waals surface area (Å²) in [7, 11) is -1.65. The van der Waals surface area contributed by atoms with Gasteiger partial charge in [0.25, 0.3) is 10.0 Å². The average Bonchev–Trinajstić information content (AvgIpc) is 2.95. The van der Waals surface area contributed by atoms with Crippen molar-refractivity contribution in [3.8, 4) is 0 Å². The standard InChI is InChI=1S/C13H23N3O2S2/c1-3-12-4-5-13(19-12)20(17,18)15(2)10-11-16-8-6-14-7-9-16/h4-5,14H,3,6-11H2,1-2H3. The first-order valence-corrected chi connectivity index (χ1v) is 9.28. The number of nitrogens with one attached hydrogen (secondary N) is 1. The van der Waals surface area contributed by atoms with Crippen LogP contribution >= 0.6 is 11.3 Å². The molecule has 1 aromatic heterocycles. The lowest BCUT2D eigenvalue weighted by atomic mass is 10.3. The molecule has 0 atom stereocenters. The Balaban J connectivity index is 1.94. The van der Waals surface area contributed by atoms with Crippen molar-refractivity contribution in [1.29, 1.82) is 0 Å². The van der Waals surface area contributed by atoms with Gasteiger partial charge in [-0.25, -0.2) is 8.42 Å². The first-order chi connectivity index (χ1) is 9.54. The van der Waals surface area contributed by atoms with Gasteiger partial charge >= 0.3 is 0 Å². The summed E-state index contributed by atoms with van der Waals surface area (Å²) in [6, 6.07) is 3.63. The maximum Gasteiger partial charge on any atom is 0.252 e. The molecule has 0 bridgehead atoms. The summed E-state index contributed by atoms with van der Waals surface area (Å²) in [5.74, 6) is 0. The molecular weight excluding hydrogens is 294 g/mol. The molecule has 114 valence electrons. The molecule has 0 spiro atoms. The third-order valence-electron chi connectivity index (χ3n) is 3.59.